The van der Waals surface area contributed by atoms with E-state index in [-0.39, 0.29) is 12.2 Å². The maximum absolute atomic E-state index is 14.3. The molecule has 0 amide bonds. The van der Waals surface area contributed by atoms with Gasteiger partial charge in [-0.25, -0.2) is 0 Å². The number of ether oxygens (including phenoxy) is 1. The van der Waals surface area contributed by atoms with Crippen molar-refractivity contribution < 1.29 is 13.9 Å². The molecule has 1 fully saturated rings. The second-order valence-corrected chi connectivity index (χ2v) is 9.52. The minimum Gasteiger partial charge on any atom is -0.456 e. The lowest BCUT2D eigenvalue weighted by atomic mass is 10.1. The number of fused-ring (bicyclic) bond motifs is 3. The van der Waals surface area contributed by atoms with Gasteiger partial charge in [-0.2, -0.15) is 9.74 Å². The summed E-state index contributed by atoms with van der Waals surface area (Å²) in [4.78, 5) is 0. The van der Waals surface area contributed by atoms with Crippen LogP contribution in [-0.2, 0) is 9.19 Å². The molecular weight excluding hydrogens is 363 g/mol. The number of hydrogen-bond donors (Lipinski definition) is 1. The lowest BCUT2D eigenvalue weighted by Crippen LogP contribution is -2.50. The molecule has 1 saturated heterocycles. The zero-order valence-electron chi connectivity index (χ0n) is 15.3. The van der Waals surface area contributed by atoms with E-state index in [1.54, 1.807) is 0 Å². The normalized spacial score (nSPS) is 24.7. The highest BCUT2D eigenvalue weighted by Gasteiger charge is 2.45. The zero-order valence-corrected chi connectivity index (χ0v) is 16.1. The molecule has 140 valence electrons. The van der Waals surface area contributed by atoms with E-state index in [1.165, 1.54) is 5.17 Å². The maximum Gasteiger partial charge on any atom is 0.292 e. The quantitative estimate of drug-likeness (QED) is 0.804. The van der Waals surface area contributed by atoms with Crippen molar-refractivity contribution in [3.05, 3.63) is 47.5 Å². The van der Waals surface area contributed by atoms with Crippen LogP contribution in [0.15, 0.2) is 46.7 Å². The van der Waals surface area contributed by atoms with Crippen LogP contribution in [0.25, 0.3) is 0 Å². The van der Waals surface area contributed by atoms with Gasteiger partial charge in [0.25, 0.3) is 7.37 Å². The SMILES string of the molecule is Cc1ccc2c(c1)P(=O)(ON1N=NC3CCCNC31)c1cc(C)ccc1O2. The van der Waals surface area contributed by atoms with Crippen molar-refractivity contribution in [1.29, 1.82) is 0 Å². The molecule has 2 aromatic carbocycles. The predicted molar refractivity (Wildman–Crippen MR) is 102 cm³/mol. The first-order valence-electron chi connectivity index (χ1n) is 9.18. The fourth-order valence-corrected chi connectivity index (χ4v) is 6.16. The smallest absolute Gasteiger partial charge is 0.292 e. The van der Waals surface area contributed by atoms with Gasteiger partial charge >= 0.3 is 0 Å². The number of benzene rings is 2. The lowest BCUT2D eigenvalue weighted by molar-refractivity contribution is -0.0948. The van der Waals surface area contributed by atoms with Gasteiger partial charge in [0.1, 0.15) is 17.5 Å². The van der Waals surface area contributed by atoms with Gasteiger partial charge in [0.15, 0.2) is 6.17 Å². The van der Waals surface area contributed by atoms with Crippen molar-refractivity contribution in [3.63, 3.8) is 0 Å². The Balaban J connectivity index is 1.61. The summed E-state index contributed by atoms with van der Waals surface area (Å²) in [6, 6.07) is 11.3. The topological polar surface area (TPSA) is 75.5 Å². The van der Waals surface area contributed by atoms with Gasteiger partial charge in [-0.05, 0) is 62.7 Å². The third-order valence-electron chi connectivity index (χ3n) is 5.20. The fourth-order valence-electron chi connectivity index (χ4n) is 3.78. The Morgan fingerprint density at radius 3 is 2.48 bits per heavy atom. The van der Waals surface area contributed by atoms with E-state index in [2.05, 4.69) is 15.7 Å². The van der Waals surface area contributed by atoms with Crippen molar-refractivity contribution in [2.45, 2.75) is 38.9 Å². The van der Waals surface area contributed by atoms with Crippen LogP contribution in [-0.4, -0.2) is 23.9 Å². The average Bonchev–Trinajstić information content (AvgIpc) is 3.06. The molecule has 0 spiro atoms. The van der Waals surface area contributed by atoms with Gasteiger partial charge in [-0.3, -0.25) is 9.88 Å². The minimum atomic E-state index is -3.45. The highest BCUT2D eigenvalue weighted by atomic mass is 31.2. The highest BCUT2D eigenvalue weighted by molar-refractivity contribution is 7.74. The minimum absolute atomic E-state index is 0.0281. The Hall–Kier alpha value is -2.21. The second-order valence-electron chi connectivity index (χ2n) is 7.29. The number of nitrogens with zero attached hydrogens (tertiary/aromatic N) is 3. The number of hydroxylamine groups is 1. The highest BCUT2D eigenvalue weighted by Crippen LogP contribution is 2.55. The first kappa shape index (κ1) is 16.9. The van der Waals surface area contributed by atoms with Gasteiger partial charge in [0, 0.05) is 0 Å². The van der Waals surface area contributed by atoms with E-state index >= 15 is 0 Å². The van der Waals surface area contributed by atoms with E-state index in [1.807, 2.05) is 50.2 Å². The molecular formula is C19H21N4O3P. The van der Waals surface area contributed by atoms with Crippen LogP contribution in [0.1, 0.15) is 24.0 Å². The Labute approximate surface area is 157 Å². The van der Waals surface area contributed by atoms with Crippen molar-refractivity contribution in [1.82, 2.24) is 10.5 Å². The van der Waals surface area contributed by atoms with E-state index < -0.39 is 7.37 Å². The summed E-state index contributed by atoms with van der Waals surface area (Å²) in [6.07, 6.45) is 1.80. The Morgan fingerprint density at radius 1 is 1.15 bits per heavy atom. The Bertz CT molecular complexity index is 937. The molecule has 0 radical (unpaired) electrons. The van der Waals surface area contributed by atoms with E-state index in [0.717, 1.165) is 30.5 Å². The molecule has 8 heteroatoms. The lowest BCUT2D eigenvalue weighted by Gasteiger charge is -2.34. The van der Waals surface area contributed by atoms with Crippen LogP contribution in [0, 0.1) is 13.8 Å². The summed E-state index contributed by atoms with van der Waals surface area (Å²) in [5.74, 6) is 1.12. The molecule has 27 heavy (non-hydrogen) atoms. The first-order chi connectivity index (χ1) is 13.0. The second kappa shape index (κ2) is 6.16. The molecule has 7 nitrogen and oxygen atoms in total. The summed E-state index contributed by atoms with van der Waals surface area (Å²) in [5.41, 5.74) is 1.99. The van der Waals surface area contributed by atoms with E-state index in [0.29, 0.717) is 22.1 Å². The van der Waals surface area contributed by atoms with Crippen LogP contribution in [0.4, 0.5) is 0 Å². The fraction of sp³-hybridized carbons (Fsp3) is 0.368. The largest absolute Gasteiger partial charge is 0.456 e. The summed E-state index contributed by atoms with van der Waals surface area (Å²) >= 11 is 0. The van der Waals surface area contributed by atoms with Crippen LogP contribution < -0.4 is 20.7 Å². The van der Waals surface area contributed by atoms with Crippen molar-refractivity contribution in [2.75, 3.05) is 6.54 Å². The van der Waals surface area contributed by atoms with Crippen molar-refractivity contribution in [3.8, 4) is 11.5 Å². The van der Waals surface area contributed by atoms with Crippen LogP contribution >= 0.6 is 7.37 Å². The standard InChI is InChI=1S/C19H21N4O3P/c1-12-5-7-15-17(10-12)27(24,18-11-13(2)6-8-16(18)25-15)26-23-19-14(21-22-23)4-3-9-20-19/h5-8,10-11,14,19-20H,3-4,9H2,1-2H3. The summed E-state index contributed by atoms with van der Waals surface area (Å²) in [5, 5.41) is 14.4. The predicted octanol–water partition coefficient (Wildman–Crippen LogP) is 3.33. The Kier molecular flexibility index (Phi) is 3.86. The first-order valence-corrected chi connectivity index (χ1v) is 10.8. The van der Waals surface area contributed by atoms with Crippen molar-refractivity contribution in [2.24, 2.45) is 10.3 Å². The molecule has 3 heterocycles. The van der Waals surface area contributed by atoms with Crippen LogP contribution in [0.5, 0.6) is 11.5 Å². The number of aryl methyl sites for hydroxylation is 2. The van der Waals surface area contributed by atoms with Gasteiger partial charge in [0.2, 0.25) is 0 Å². The van der Waals surface area contributed by atoms with Gasteiger partial charge < -0.3 is 4.74 Å². The number of hydrogen-bond acceptors (Lipinski definition) is 7. The van der Waals surface area contributed by atoms with Crippen LogP contribution in [0.3, 0.4) is 0 Å². The maximum atomic E-state index is 14.3. The Morgan fingerprint density at radius 2 is 1.81 bits per heavy atom. The van der Waals surface area contributed by atoms with E-state index in [4.69, 9.17) is 9.36 Å². The summed E-state index contributed by atoms with van der Waals surface area (Å²) < 4.78 is 26.5. The number of rotatable bonds is 2. The molecule has 2 atom stereocenters. The van der Waals surface area contributed by atoms with Gasteiger partial charge in [-0.1, -0.05) is 23.3 Å². The average molecular weight is 384 g/mol. The monoisotopic (exact) mass is 384 g/mol. The molecule has 3 aliphatic heterocycles. The van der Waals surface area contributed by atoms with Crippen LogP contribution in [0.2, 0.25) is 0 Å². The summed E-state index contributed by atoms with van der Waals surface area (Å²) in [7, 11) is -3.45. The van der Waals surface area contributed by atoms with Gasteiger partial charge in [0.05, 0.1) is 10.6 Å². The number of nitrogens with one attached hydrogen (secondary N) is 1. The third-order valence-corrected chi connectivity index (χ3v) is 7.57. The molecule has 5 rings (SSSR count). The van der Waals surface area contributed by atoms with Gasteiger partial charge in [-0.15, -0.1) is 5.17 Å². The molecule has 1 N–H and O–H groups in total. The molecule has 0 saturated carbocycles. The molecule has 0 bridgehead atoms. The number of piperidine rings is 1. The molecule has 2 unspecified atom stereocenters. The molecule has 3 aliphatic rings. The third kappa shape index (κ3) is 2.69. The van der Waals surface area contributed by atoms with Crippen molar-refractivity contribution >= 4 is 18.0 Å². The summed E-state index contributed by atoms with van der Waals surface area (Å²) in [6.45, 7) is 4.79. The molecule has 2 aromatic rings. The molecule has 0 aromatic heterocycles. The van der Waals surface area contributed by atoms with E-state index in [9.17, 15) is 4.57 Å². The molecule has 0 aliphatic carbocycles. The zero-order chi connectivity index (χ0) is 18.6.